The number of hydrogen-bond acceptors (Lipinski definition) is 5. The fourth-order valence-corrected chi connectivity index (χ4v) is 2.02. The molecular weight excluding hydrogens is 230 g/mol. The molecule has 1 aromatic heterocycles. The van der Waals surface area contributed by atoms with Crippen LogP contribution in [0.3, 0.4) is 0 Å². The van der Waals surface area contributed by atoms with Gasteiger partial charge in [-0.25, -0.2) is 0 Å². The molecule has 0 saturated carbocycles. The van der Waals surface area contributed by atoms with Crippen LogP contribution < -0.4 is 10.6 Å². The summed E-state index contributed by atoms with van der Waals surface area (Å²) < 4.78 is 0. The monoisotopic (exact) mass is 249 g/mol. The Morgan fingerprint density at radius 2 is 2.11 bits per heavy atom. The van der Waals surface area contributed by atoms with Crippen LogP contribution in [0.2, 0.25) is 0 Å². The van der Waals surface area contributed by atoms with Gasteiger partial charge in [0.1, 0.15) is 5.82 Å². The normalized spacial score (nSPS) is 15.6. The predicted molar refractivity (Wildman–Crippen MR) is 69.6 cm³/mol. The number of rotatable bonds is 5. The number of likely N-dealkylation sites (tertiary alicyclic amines) is 1. The molecule has 2 heterocycles. The third-order valence-corrected chi connectivity index (χ3v) is 3.06. The molecule has 6 heteroatoms. The lowest BCUT2D eigenvalue weighted by molar-refractivity contribution is 0.0957. The Hall–Kier alpha value is -1.69. The number of carbonyl (C=O) groups excluding carboxylic acids is 1. The van der Waals surface area contributed by atoms with Gasteiger partial charge in [-0.2, -0.15) is 0 Å². The van der Waals surface area contributed by atoms with E-state index in [0.29, 0.717) is 11.5 Å². The van der Waals surface area contributed by atoms with Crippen LogP contribution in [-0.4, -0.2) is 54.2 Å². The molecule has 0 aromatic carbocycles. The molecule has 1 aliphatic rings. The molecule has 1 fully saturated rings. The van der Waals surface area contributed by atoms with E-state index in [4.69, 9.17) is 0 Å². The molecule has 1 aliphatic heterocycles. The van der Waals surface area contributed by atoms with E-state index >= 15 is 0 Å². The number of nitrogens with zero attached hydrogens (tertiary/aromatic N) is 3. The van der Waals surface area contributed by atoms with E-state index in [1.807, 2.05) is 0 Å². The van der Waals surface area contributed by atoms with Gasteiger partial charge >= 0.3 is 0 Å². The Balaban J connectivity index is 1.77. The summed E-state index contributed by atoms with van der Waals surface area (Å²) in [5, 5.41) is 13.6. The van der Waals surface area contributed by atoms with Crippen LogP contribution >= 0.6 is 0 Å². The van der Waals surface area contributed by atoms with E-state index in [0.717, 1.165) is 13.1 Å². The number of anilines is 1. The van der Waals surface area contributed by atoms with Crippen molar-refractivity contribution in [3.63, 3.8) is 0 Å². The van der Waals surface area contributed by atoms with Crippen molar-refractivity contribution in [2.75, 3.05) is 38.5 Å². The summed E-state index contributed by atoms with van der Waals surface area (Å²) in [4.78, 5) is 13.7. The topological polar surface area (TPSA) is 70.2 Å². The maximum Gasteiger partial charge on any atom is 0.271 e. The Bertz CT molecular complexity index is 386. The van der Waals surface area contributed by atoms with Crippen LogP contribution in [0.1, 0.15) is 23.3 Å². The van der Waals surface area contributed by atoms with Gasteiger partial charge in [0.2, 0.25) is 0 Å². The highest BCUT2D eigenvalue weighted by Crippen LogP contribution is 2.07. The van der Waals surface area contributed by atoms with Gasteiger partial charge in [0.15, 0.2) is 5.69 Å². The Morgan fingerprint density at radius 3 is 2.72 bits per heavy atom. The zero-order valence-corrected chi connectivity index (χ0v) is 10.6. The van der Waals surface area contributed by atoms with E-state index in [1.54, 1.807) is 19.2 Å². The van der Waals surface area contributed by atoms with Gasteiger partial charge in [-0.3, -0.25) is 4.79 Å². The van der Waals surface area contributed by atoms with Crippen LogP contribution in [-0.2, 0) is 0 Å². The van der Waals surface area contributed by atoms with E-state index in [2.05, 4.69) is 25.7 Å². The summed E-state index contributed by atoms with van der Waals surface area (Å²) in [7, 11) is 1.58. The minimum absolute atomic E-state index is 0.217. The molecule has 2 N–H and O–H groups in total. The standard InChI is InChI=1S/C12H19N5O/c1-13-12(18)10-4-5-11(16-15-10)14-6-9-17-7-2-3-8-17/h4-5H,2-3,6-9H2,1H3,(H,13,18)(H,14,16). The first-order valence-corrected chi connectivity index (χ1v) is 6.31. The highest BCUT2D eigenvalue weighted by molar-refractivity contribution is 5.91. The van der Waals surface area contributed by atoms with Gasteiger partial charge in [0, 0.05) is 20.1 Å². The molecular formula is C12H19N5O. The molecule has 18 heavy (non-hydrogen) atoms. The second-order valence-electron chi connectivity index (χ2n) is 4.36. The largest absolute Gasteiger partial charge is 0.367 e. The molecule has 1 amide bonds. The summed E-state index contributed by atoms with van der Waals surface area (Å²) in [5.41, 5.74) is 0.336. The second-order valence-corrected chi connectivity index (χ2v) is 4.36. The van der Waals surface area contributed by atoms with Crippen molar-refractivity contribution in [1.29, 1.82) is 0 Å². The fraction of sp³-hybridized carbons (Fsp3) is 0.583. The van der Waals surface area contributed by atoms with Gasteiger partial charge in [0.25, 0.3) is 5.91 Å². The molecule has 1 saturated heterocycles. The van der Waals surface area contributed by atoms with E-state index < -0.39 is 0 Å². The summed E-state index contributed by atoms with van der Waals surface area (Å²) >= 11 is 0. The SMILES string of the molecule is CNC(=O)c1ccc(NCCN2CCCC2)nn1. The van der Waals surface area contributed by atoms with Crippen LogP contribution in [0, 0.1) is 0 Å². The highest BCUT2D eigenvalue weighted by Gasteiger charge is 2.10. The fourth-order valence-electron chi connectivity index (χ4n) is 2.02. The molecule has 1 aromatic rings. The molecule has 0 bridgehead atoms. The quantitative estimate of drug-likeness (QED) is 0.787. The first kappa shape index (κ1) is 12.8. The first-order valence-electron chi connectivity index (χ1n) is 6.31. The molecule has 0 spiro atoms. The van der Waals surface area contributed by atoms with Crippen LogP contribution in [0.4, 0.5) is 5.82 Å². The molecule has 6 nitrogen and oxygen atoms in total. The summed E-state index contributed by atoms with van der Waals surface area (Å²) in [6, 6.07) is 3.45. The Kier molecular flexibility index (Phi) is 4.46. The van der Waals surface area contributed by atoms with Gasteiger partial charge in [0.05, 0.1) is 0 Å². The first-order chi connectivity index (χ1) is 8.79. The van der Waals surface area contributed by atoms with Crippen molar-refractivity contribution in [3.05, 3.63) is 17.8 Å². The van der Waals surface area contributed by atoms with E-state index in [9.17, 15) is 4.79 Å². The van der Waals surface area contributed by atoms with Crippen molar-refractivity contribution in [2.24, 2.45) is 0 Å². The summed E-state index contributed by atoms with van der Waals surface area (Å²) in [6.07, 6.45) is 2.61. The van der Waals surface area contributed by atoms with E-state index in [1.165, 1.54) is 25.9 Å². The predicted octanol–water partition coefficient (Wildman–Crippen LogP) is 0.344. The Morgan fingerprint density at radius 1 is 1.33 bits per heavy atom. The number of carbonyl (C=O) groups is 1. The molecule has 0 aliphatic carbocycles. The molecule has 0 radical (unpaired) electrons. The van der Waals surface area contributed by atoms with Crippen molar-refractivity contribution in [3.8, 4) is 0 Å². The van der Waals surface area contributed by atoms with Gasteiger partial charge in [-0.1, -0.05) is 0 Å². The van der Waals surface area contributed by atoms with Crippen molar-refractivity contribution < 1.29 is 4.79 Å². The maximum atomic E-state index is 11.3. The van der Waals surface area contributed by atoms with Crippen molar-refractivity contribution in [2.45, 2.75) is 12.8 Å². The van der Waals surface area contributed by atoms with Crippen molar-refractivity contribution in [1.82, 2.24) is 20.4 Å². The van der Waals surface area contributed by atoms with Crippen molar-refractivity contribution >= 4 is 11.7 Å². The number of nitrogens with one attached hydrogen (secondary N) is 2. The Labute approximate surface area is 107 Å². The highest BCUT2D eigenvalue weighted by atomic mass is 16.1. The van der Waals surface area contributed by atoms with Crippen LogP contribution in [0.25, 0.3) is 0 Å². The van der Waals surface area contributed by atoms with Gasteiger partial charge < -0.3 is 15.5 Å². The van der Waals surface area contributed by atoms with Gasteiger partial charge in [-0.05, 0) is 38.1 Å². The number of hydrogen-bond donors (Lipinski definition) is 2. The van der Waals surface area contributed by atoms with Gasteiger partial charge in [-0.15, -0.1) is 10.2 Å². The smallest absolute Gasteiger partial charge is 0.271 e. The van der Waals surface area contributed by atoms with Crippen LogP contribution in [0.15, 0.2) is 12.1 Å². The third kappa shape index (κ3) is 3.40. The second kappa shape index (κ2) is 6.30. The zero-order valence-electron chi connectivity index (χ0n) is 10.6. The molecule has 2 rings (SSSR count). The average Bonchev–Trinajstić information content (AvgIpc) is 2.92. The number of amides is 1. The molecule has 0 atom stereocenters. The minimum Gasteiger partial charge on any atom is -0.367 e. The maximum absolute atomic E-state index is 11.3. The lowest BCUT2D eigenvalue weighted by atomic mass is 10.3. The molecule has 0 unspecified atom stereocenters. The summed E-state index contributed by atoms with van der Waals surface area (Å²) in [6.45, 7) is 4.28. The third-order valence-electron chi connectivity index (χ3n) is 3.06. The minimum atomic E-state index is -0.217. The van der Waals surface area contributed by atoms with E-state index in [-0.39, 0.29) is 5.91 Å². The average molecular weight is 249 g/mol. The lowest BCUT2D eigenvalue weighted by Gasteiger charge is -2.14. The zero-order chi connectivity index (χ0) is 12.8. The van der Waals surface area contributed by atoms with Crippen LogP contribution in [0.5, 0.6) is 0 Å². The lowest BCUT2D eigenvalue weighted by Crippen LogP contribution is -2.26. The molecule has 98 valence electrons. The number of aromatic nitrogens is 2. The summed E-state index contributed by atoms with van der Waals surface area (Å²) in [5.74, 6) is 0.493.